The standard InChI is InChI=1S/C9H13F3N4/c1-6(13)15-2-3-16-4-7(9(10,11)12)14-8(16)5-15/h4,6H,2-3,5,13H2,1H3. The number of hydrogen-bond acceptors (Lipinski definition) is 3. The Morgan fingerprint density at radius 3 is 2.69 bits per heavy atom. The normalized spacial score (nSPS) is 19.6. The largest absolute Gasteiger partial charge is 0.434 e. The van der Waals surface area contributed by atoms with Gasteiger partial charge in [-0.05, 0) is 6.92 Å². The SMILES string of the molecule is CC(N)N1CCn2cc(C(F)(F)F)nc2C1. The van der Waals surface area contributed by atoms with E-state index in [4.69, 9.17) is 5.73 Å². The number of aromatic nitrogens is 2. The second-order valence-electron chi connectivity index (χ2n) is 3.94. The molecule has 16 heavy (non-hydrogen) atoms. The van der Waals surface area contributed by atoms with Gasteiger partial charge in [-0.2, -0.15) is 13.2 Å². The average molecular weight is 234 g/mol. The molecule has 1 aromatic heterocycles. The summed E-state index contributed by atoms with van der Waals surface area (Å²) in [7, 11) is 0. The Bertz CT molecular complexity index is 383. The molecule has 0 fully saturated rings. The molecule has 0 aliphatic carbocycles. The Balaban J connectivity index is 2.23. The zero-order chi connectivity index (χ0) is 11.9. The van der Waals surface area contributed by atoms with Gasteiger partial charge in [-0.15, -0.1) is 0 Å². The predicted molar refractivity (Wildman–Crippen MR) is 51.3 cm³/mol. The Labute approximate surface area is 90.9 Å². The topological polar surface area (TPSA) is 47.1 Å². The Morgan fingerprint density at radius 1 is 1.44 bits per heavy atom. The number of nitrogens with zero attached hydrogens (tertiary/aromatic N) is 3. The molecule has 7 heteroatoms. The summed E-state index contributed by atoms with van der Waals surface area (Å²) in [6, 6.07) is 0. The van der Waals surface area contributed by atoms with Gasteiger partial charge in [0, 0.05) is 19.3 Å². The third-order valence-corrected chi connectivity index (χ3v) is 2.70. The third kappa shape index (κ3) is 2.05. The Hall–Kier alpha value is -1.08. The molecule has 1 aliphatic rings. The lowest BCUT2D eigenvalue weighted by atomic mass is 10.3. The highest BCUT2D eigenvalue weighted by atomic mass is 19.4. The molecular weight excluding hydrogens is 221 g/mol. The number of fused-ring (bicyclic) bond motifs is 1. The molecule has 1 aromatic rings. The summed E-state index contributed by atoms with van der Waals surface area (Å²) < 4.78 is 38.8. The first kappa shape index (κ1) is 11.4. The molecule has 2 rings (SSSR count). The van der Waals surface area contributed by atoms with E-state index < -0.39 is 11.9 Å². The maximum atomic E-state index is 12.4. The van der Waals surface area contributed by atoms with Crippen molar-refractivity contribution in [3.05, 3.63) is 17.7 Å². The van der Waals surface area contributed by atoms with Gasteiger partial charge in [0.1, 0.15) is 5.82 Å². The number of halogens is 3. The van der Waals surface area contributed by atoms with Crippen LogP contribution in [0.5, 0.6) is 0 Å². The number of alkyl halides is 3. The van der Waals surface area contributed by atoms with Crippen LogP contribution in [0.15, 0.2) is 6.20 Å². The zero-order valence-corrected chi connectivity index (χ0v) is 8.83. The maximum Gasteiger partial charge on any atom is 0.434 e. The fraction of sp³-hybridized carbons (Fsp3) is 0.667. The van der Waals surface area contributed by atoms with Crippen LogP contribution in [0, 0.1) is 0 Å². The van der Waals surface area contributed by atoms with E-state index in [-0.39, 0.29) is 6.17 Å². The fourth-order valence-corrected chi connectivity index (χ4v) is 1.76. The zero-order valence-electron chi connectivity index (χ0n) is 8.83. The highest BCUT2D eigenvalue weighted by Gasteiger charge is 2.35. The van der Waals surface area contributed by atoms with Crippen molar-refractivity contribution < 1.29 is 13.2 Å². The molecule has 0 saturated carbocycles. The third-order valence-electron chi connectivity index (χ3n) is 2.70. The number of rotatable bonds is 1. The molecule has 0 saturated heterocycles. The van der Waals surface area contributed by atoms with Crippen molar-refractivity contribution in [3.8, 4) is 0 Å². The molecule has 0 aromatic carbocycles. The van der Waals surface area contributed by atoms with Crippen LogP contribution in [0.25, 0.3) is 0 Å². The molecule has 4 nitrogen and oxygen atoms in total. The first-order valence-corrected chi connectivity index (χ1v) is 5.01. The van der Waals surface area contributed by atoms with Crippen molar-refractivity contribution in [1.29, 1.82) is 0 Å². The molecule has 1 aliphatic heterocycles. The van der Waals surface area contributed by atoms with E-state index in [0.29, 0.717) is 25.5 Å². The van der Waals surface area contributed by atoms with Crippen molar-refractivity contribution in [2.24, 2.45) is 5.73 Å². The minimum Gasteiger partial charge on any atom is -0.332 e. The van der Waals surface area contributed by atoms with E-state index in [1.807, 2.05) is 11.8 Å². The molecule has 1 unspecified atom stereocenters. The predicted octanol–water partition coefficient (Wildman–Crippen LogP) is 1.02. The van der Waals surface area contributed by atoms with Crippen LogP contribution >= 0.6 is 0 Å². The van der Waals surface area contributed by atoms with Crippen LogP contribution in [0.1, 0.15) is 18.4 Å². The van der Waals surface area contributed by atoms with Gasteiger partial charge in [-0.1, -0.05) is 0 Å². The van der Waals surface area contributed by atoms with Gasteiger partial charge >= 0.3 is 6.18 Å². The molecule has 2 heterocycles. The summed E-state index contributed by atoms with van der Waals surface area (Å²) in [4.78, 5) is 5.49. The van der Waals surface area contributed by atoms with Crippen LogP contribution in [0.2, 0.25) is 0 Å². The average Bonchev–Trinajstić information content (AvgIpc) is 2.58. The molecule has 0 bridgehead atoms. The molecule has 2 N–H and O–H groups in total. The summed E-state index contributed by atoms with van der Waals surface area (Å²) in [6.45, 7) is 3.33. The van der Waals surface area contributed by atoms with E-state index in [9.17, 15) is 13.2 Å². The summed E-state index contributed by atoms with van der Waals surface area (Å²) in [5.74, 6) is 0.427. The van der Waals surface area contributed by atoms with Crippen molar-refractivity contribution in [2.45, 2.75) is 32.4 Å². The first-order valence-electron chi connectivity index (χ1n) is 5.01. The van der Waals surface area contributed by atoms with Crippen LogP contribution < -0.4 is 5.73 Å². The van der Waals surface area contributed by atoms with Crippen LogP contribution in [0.3, 0.4) is 0 Å². The molecule has 0 spiro atoms. The van der Waals surface area contributed by atoms with Crippen molar-refractivity contribution in [1.82, 2.24) is 14.5 Å². The van der Waals surface area contributed by atoms with E-state index in [1.54, 1.807) is 4.57 Å². The van der Waals surface area contributed by atoms with Crippen molar-refractivity contribution >= 4 is 0 Å². The van der Waals surface area contributed by atoms with Crippen molar-refractivity contribution in [2.75, 3.05) is 6.54 Å². The highest BCUT2D eigenvalue weighted by Crippen LogP contribution is 2.29. The Kier molecular flexibility index (Phi) is 2.67. The van der Waals surface area contributed by atoms with Gasteiger partial charge in [0.05, 0.1) is 12.7 Å². The van der Waals surface area contributed by atoms with Crippen molar-refractivity contribution in [3.63, 3.8) is 0 Å². The quantitative estimate of drug-likeness (QED) is 0.789. The minimum atomic E-state index is -4.37. The summed E-state index contributed by atoms with van der Waals surface area (Å²) in [6.07, 6.45) is -3.48. The monoisotopic (exact) mass is 234 g/mol. The Morgan fingerprint density at radius 2 is 2.12 bits per heavy atom. The summed E-state index contributed by atoms with van der Waals surface area (Å²) >= 11 is 0. The van der Waals surface area contributed by atoms with Gasteiger partial charge < -0.3 is 10.3 Å². The molecule has 0 amide bonds. The van der Waals surface area contributed by atoms with Crippen LogP contribution in [-0.2, 0) is 19.3 Å². The highest BCUT2D eigenvalue weighted by molar-refractivity contribution is 5.09. The lowest BCUT2D eigenvalue weighted by Gasteiger charge is -2.30. The van der Waals surface area contributed by atoms with Gasteiger partial charge in [-0.25, -0.2) is 4.98 Å². The lowest BCUT2D eigenvalue weighted by molar-refractivity contribution is -0.141. The second kappa shape index (κ2) is 3.74. The minimum absolute atomic E-state index is 0.167. The van der Waals surface area contributed by atoms with Gasteiger partial charge in [0.25, 0.3) is 0 Å². The summed E-state index contributed by atoms with van der Waals surface area (Å²) in [5.41, 5.74) is 4.86. The summed E-state index contributed by atoms with van der Waals surface area (Å²) in [5, 5.41) is 0. The molecule has 0 radical (unpaired) electrons. The maximum absolute atomic E-state index is 12.4. The van der Waals surface area contributed by atoms with Gasteiger partial charge in [0.15, 0.2) is 5.69 Å². The molecule has 1 atom stereocenters. The number of hydrogen-bond donors (Lipinski definition) is 1. The van der Waals surface area contributed by atoms with E-state index in [0.717, 1.165) is 6.20 Å². The van der Waals surface area contributed by atoms with E-state index in [2.05, 4.69) is 4.98 Å². The van der Waals surface area contributed by atoms with E-state index in [1.165, 1.54) is 0 Å². The van der Waals surface area contributed by atoms with E-state index >= 15 is 0 Å². The van der Waals surface area contributed by atoms with Gasteiger partial charge in [-0.3, -0.25) is 4.90 Å². The second-order valence-corrected chi connectivity index (χ2v) is 3.94. The van der Waals surface area contributed by atoms with Crippen LogP contribution in [0.4, 0.5) is 13.2 Å². The first-order chi connectivity index (χ1) is 7.38. The number of nitrogens with two attached hydrogens (primary N) is 1. The smallest absolute Gasteiger partial charge is 0.332 e. The fourth-order valence-electron chi connectivity index (χ4n) is 1.76. The van der Waals surface area contributed by atoms with Crippen LogP contribution in [-0.4, -0.2) is 27.2 Å². The molecule has 90 valence electrons. The molecular formula is C9H13F3N4. The number of imidazole rings is 1. The lowest BCUT2D eigenvalue weighted by Crippen LogP contribution is -2.44. The van der Waals surface area contributed by atoms with Gasteiger partial charge in [0.2, 0.25) is 0 Å².